The molecule has 0 radical (unpaired) electrons. The second-order valence-electron chi connectivity index (χ2n) is 9.65. The lowest BCUT2D eigenvalue weighted by molar-refractivity contribution is 0.0580. The van der Waals surface area contributed by atoms with Crippen molar-refractivity contribution in [1.82, 2.24) is 14.9 Å². The number of halogens is 1. The molecule has 2 heterocycles. The SMILES string of the molecule is CC(CCCc1c(F)ccc2nc(-c3cccc(C(=N)N)c3)c(=O)[nH]c12)N1C(C)CCCC1C. The third-order valence-electron chi connectivity index (χ3n) is 7.19. The highest BCUT2D eigenvalue weighted by atomic mass is 19.1. The first-order valence-corrected chi connectivity index (χ1v) is 12.2. The van der Waals surface area contributed by atoms with E-state index in [1.807, 2.05) is 0 Å². The van der Waals surface area contributed by atoms with Gasteiger partial charge in [-0.3, -0.25) is 15.1 Å². The molecule has 0 aliphatic carbocycles. The monoisotopic (exact) mass is 463 g/mol. The highest BCUT2D eigenvalue weighted by Gasteiger charge is 2.28. The predicted molar refractivity (Wildman–Crippen MR) is 136 cm³/mol. The van der Waals surface area contributed by atoms with E-state index >= 15 is 0 Å². The Morgan fingerprint density at radius 3 is 2.71 bits per heavy atom. The minimum Gasteiger partial charge on any atom is -0.384 e. The second-order valence-corrected chi connectivity index (χ2v) is 9.65. The van der Waals surface area contributed by atoms with Crippen molar-refractivity contribution < 1.29 is 4.39 Å². The number of likely N-dealkylation sites (tertiary alicyclic amines) is 1. The van der Waals surface area contributed by atoms with Gasteiger partial charge in [0.15, 0.2) is 0 Å². The summed E-state index contributed by atoms with van der Waals surface area (Å²) in [5, 5.41) is 7.64. The highest BCUT2D eigenvalue weighted by Crippen LogP contribution is 2.28. The van der Waals surface area contributed by atoms with Gasteiger partial charge in [-0.05, 0) is 71.1 Å². The number of nitrogens with one attached hydrogen (secondary N) is 2. The molecule has 180 valence electrons. The van der Waals surface area contributed by atoms with E-state index < -0.39 is 0 Å². The van der Waals surface area contributed by atoms with Crippen molar-refractivity contribution >= 4 is 16.9 Å². The molecule has 0 bridgehead atoms. The summed E-state index contributed by atoms with van der Waals surface area (Å²) >= 11 is 0. The van der Waals surface area contributed by atoms with Crippen LogP contribution in [0.4, 0.5) is 4.39 Å². The lowest BCUT2D eigenvalue weighted by Gasteiger charge is -2.43. The Hall–Kier alpha value is -3.06. The van der Waals surface area contributed by atoms with Crippen LogP contribution in [0.2, 0.25) is 0 Å². The van der Waals surface area contributed by atoms with Gasteiger partial charge in [0, 0.05) is 34.8 Å². The number of H-pyrrole nitrogens is 1. The summed E-state index contributed by atoms with van der Waals surface area (Å²) in [5.41, 5.74) is 8.04. The van der Waals surface area contributed by atoms with E-state index in [0.29, 0.717) is 52.3 Å². The van der Waals surface area contributed by atoms with E-state index in [1.54, 1.807) is 30.3 Å². The van der Waals surface area contributed by atoms with E-state index in [-0.39, 0.29) is 22.9 Å². The molecule has 0 amide bonds. The molecule has 1 aliphatic heterocycles. The number of aryl methyl sites for hydroxylation is 1. The fourth-order valence-electron chi connectivity index (χ4n) is 5.49. The zero-order chi connectivity index (χ0) is 24.4. The average Bonchev–Trinajstić information content (AvgIpc) is 2.80. The molecule has 2 aromatic carbocycles. The van der Waals surface area contributed by atoms with Crippen LogP contribution in [-0.2, 0) is 6.42 Å². The first kappa shape index (κ1) is 24.1. The quantitative estimate of drug-likeness (QED) is 0.340. The Kier molecular flexibility index (Phi) is 7.12. The van der Waals surface area contributed by atoms with Gasteiger partial charge in [-0.1, -0.05) is 24.6 Å². The number of nitrogen functional groups attached to an aromatic ring is 1. The van der Waals surface area contributed by atoms with E-state index in [4.69, 9.17) is 11.1 Å². The molecule has 1 saturated heterocycles. The van der Waals surface area contributed by atoms with Crippen LogP contribution in [0, 0.1) is 11.2 Å². The first-order chi connectivity index (χ1) is 16.3. The molecule has 4 N–H and O–H groups in total. The average molecular weight is 464 g/mol. The van der Waals surface area contributed by atoms with Gasteiger partial charge in [-0.2, -0.15) is 0 Å². The first-order valence-electron chi connectivity index (χ1n) is 12.2. The number of hydrogen-bond acceptors (Lipinski definition) is 4. The summed E-state index contributed by atoms with van der Waals surface area (Å²) in [7, 11) is 0. The standard InChI is InChI=1S/C27H34FN5O/c1-16-7-4-8-17(2)33(16)18(3)9-5-12-21-22(28)13-14-23-25(21)32-27(34)24(31-23)19-10-6-11-20(15-19)26(29)30/h6,10-11,13-18H,4-5,7-9,12H2,1-3H3,(H3,29,30)(H,32,34). The minimum atomic E-state index is -0.385. The van der Waals surface area contributed by atoms with Crippen molar-refractivity contribution in [2.24, 2.45) is 5.73 Å². The zero-order valence-electron chi connectivity index (χ0n) is 20.2. The van der Waals surface area contributed by atoms with Crippen molar-refractivity contribution in [2.45, 2.75) is 77.4 Å². The van der Waals surface area contributed by atoms with Gasteiger partial charge in [0.1, 0.15) is 17.3 Å². The van der Waals surface area contributed by atoms with Crippen LogP contribution in [0.15, 0.2) is 41.2 Å². The number of aromatic amines is 1. The molecule has 3 aromatic rings. The Balaban J connectivity index is 1.57. The zero-order valence-corrected chi connectivity index (χ0v) is 20.2. The summed E-state index contributed by atoms with van der Waals surface area (Å²) in [6.07, 6.45) is 6.10. The number of nitrogens with two attached hydrogens (primary N) is 1. The molecule has 0 saturated carbocycles. The van der Waals surface area contributed by atoms with E-state index in [2.05, 4.69) is 35.6 Å². The maximum Gasteiger partial charge on any atom is 0.274 e. The van der Waals surface area contributed by atoms with Gasteiger partial charge in [-0.15, -0.1) is 0 Å². The Morgan fingerprint density at radius 2 is 2.00 bits per heavy atom. The van der Waals surface area contributed by atoms with Crippen LogP contribution in [0.5, 0.6) is 0 Å². The summed E-state index contributed by atoms with van der Waals surface area (Å²) in [4.78, 5) is 22.9. The predicted octanol–water partition coefficient (Wildman–Crippen LogP) is 4.99. The number of nitrogens with zero attached hydrogens (tertiary/aromatic N) is 2. The number of piperidine rings is 1. The summed E-state index contributed by atoms with van der Waals surface area (Å²) in [5.74, 6) is -0.394. The molecular formula is C27H34FN5O. The molecule has 3 unspecified atom stereocenters. The molecular weight excluding hydrogens is 429 g/mol. The molecule has 6 nitrogen and oxygen atoms in total. The molecule has 7 heteroatoms. The third kappa shape index (κ3) is 4.89. The number of benzene rings is 2. The molecule has 3 atom stereocenters. The third-order valence-corrected chi connectivity index (χ3v) is 7.19. The van der Waals surface area contributed by atoms with Crippen LogP contribution >= 0.6 is 0 Å². The topological polar surface area (TPSA) is 98.9 Å². The van der Waals surface area contributed by atoms with Crippen molar-refractivity contribution in [3.63, 3.8) is 0 Å². The van der Waals surface area contributed by atoms with Crippen molar-refractivity contribution in [3.8, 4) is 11.3 Å². The maximum absolute atomic E-state index is 14.8. The van der Waals surface area contributed by atoms with Crippen molar-refractivity contribution in [1.29, 1.82) is 5.41 Å². The largest absolute Gasteiger partial charge is 0.384 e. The Labute approximate surface area is 199 Å². The van der Waals surface area contributed by atoms with Gasteiger partial charge < -0.3 is 10.7 Å². The van der Waals surface area contributed by atoms with Crippen LogP contribution in [0.1, 0.15) is 64.0 Å². The van der Waals surface area contributed by atoms with Gasteiger partial charge in [0.05, 0.1) is 11.0 Å². The number of fused-ring (bicyclic) bond motifs is 1. The molecule has 1 aliphatic rings. The van der Waals surface area contributed by atoms with E-state index in [9.17, 15) is 9.18 Å². The van der Waals surface area contributed by atoms with Crippen LogP contribution in [0.3, 0.4) is 0 Å². The fraction of sp³-hybridized carbons (Fsp3) is 0.444. The molecule has 4 rings (SSSR count). The van der Waals surface area contributed by atoms with E-state index in [0.717, 1.165) is 12.8 Å². The smallest absolute Gasteiger partial charge is 0.274 e. The molecule has 0 spiro atoms. The fourth-order valence-corrected chi connectivity index (χ4v) is 5.49. The van der Waals surface area contributed by atoms with Crippen LogP contribution in [-0.4, -0.2) is 38.8 Å². The summed E-state index contributed by atoms with van der Waals surface area (Å²) in [6.45, 7) is 6.87. The normalized spacial score (nSPS) is 19.9. The summed E-state index contributed by atoms with van der Waals surface area (Å²) < 4.78 is 14.8. The molecule has 34 heavy (non-hydrogen) atoms. The lowest BCUT2D eigenvalue weighted by atomic mass is 9.93. The maximum atomic E-state index is 14.8. The Bertz CT molecular complexity index is 1240. The molecule has 1 aromatic heterocycles. The van der Waals surface area contributed by atoms with Gasteiger partial charge in [0.25, 0.3) is 5.56 Å². The lowest BCUT2D eigenvalue weighted by Crippen LogP contribution is -2.48. The number of aromatic nitrogens is 2. The van der Waals surface area contributed by atoms with Gasteiger partial charge >= 0.3 is 0 Å². The number of amidine groups is 1. The summed E-state index contributed by atoms with van der Waals surface area (Å²) in [6, 6.07) is 11.5. The van der Waals surface area contributed by atoms with Gasteiger partial charge in [-0.25, -0.2) is 9.37 Å². The second kappa shape index (κ2) is 10.1. The van der Waals surface area contributed by atoms with Crippen LogP contribution in [0.25, 0.3) is 22.3 Å². The molecule has 1 fully saturated rings. The van der Waals surface area contributed by atoms with Gasteiger partial charge in [0.2, 0.25) is 0 Å². The number of hydrogen-bond donors (Lipinski definition) is 3. The van der Waals surface area contributed by atoms with E-state index in [1.165, 1.54) is 25.3 Å². The number of rotatable bonds is 7. The Morgan fingerprint density at radius 1 is 1.26 bits per heavy atom. The van der Waals surface area contributed by atoms with Crippen LogP contribution < -0.4 is 11.3 Å². The van der Waals surface area contributed by atoms with Crippen molar-refractivity contribution in [2.75, 3.05) is 0 Å². The van der Waals surface area contributed by atoms with Crippen molar-refractivity contribution in [3.05, 3.63) is 63.7 Å². The minimum absolute atomic E-state index is 0.0778. The highest BCUT2D eigenvalue weighted by molar-refractivity contribution is 5.96.